The van der Waals surface area contributed by atoms with Crippen LogP contribution in [0.4, 0.5) is 0 Å². The lowest BCUT2D eigenvalue weighted by molar-refractivity contribution is -0.130. The first-order chi connectivity index (χ1) is 19.7. The summed E-state index contributed by atoms with van der Waals surface area (Å²) >= 11 is 0. The molecule has 0 saturated heterocycles. The van der Waals surface area contributed by atoms with E-state index in [1.54, 1.807) is 6.20 Å². The molecular weight excluding hydrogens is 508 g/mol. The summed E-state index contributed by atoms with van der Waals surface area (Å²) in [4.78, 5) is 31.7. The standard InChI is InChI=1S/C36H44N2O3/c1-36(2,3)24-35(40)30(21-27-16-18-32(19-17-27)41-26-28-11-6-4-7-12-28)23-34(39)33(22-29-13-10-20-37-25-29)38-31-14-8-5-9-15-31/h4,6-8,10-14,16-20,25,30-31,33,38H,5,9,15,21-24,26H2,1-3H3/t30-,31?,33+/m1/s1. The third-order valence-corrected chi connectivity index (χ3v) is 7.48. The van der Waals surface area contributed by atoms with Gasteiger partial charge in [0.1, 0.15) is 18.1 Å². The van der Waals surface area contributed by atoms with E-state index < -0.39 is 0 Å². The number of ether oxygens (including phenoxy) is 1. The summed E-state index contributed by atoms with van der Waals surface area (Å²) in [5.74, 6) is 0.640. The maximum absolute atomic E-state index is 13.9. The summed E-state index contributed by atoms with van der Waals surface area (Å²) in [6.45, 7) is 6.73. The zero-order valence-electron chi connectivity index (χ0n) is 24.7. The topological polar surface area (TPSA) is 68.3 Å². The van der Waals surface area contributed by atoms with Crippen LogP contribution in [0.1, 0.15) is 69.6 Å². The molecule has 1 aliphatic carbocycles. The van der Waals surface area contributed by atoms with Crippen LogP contribution < -0.4 is 10.1 Å². The van der Waals surface area contributed by atoms with Crippen LogP contribution >= 0.6 is 0 Å². The van der Waals surface area contributed by atoms with Crippen LogP contribution in [0.2, 0.25) is 0 Å². The van der Waals surface area contributed by atoms with E-state index in [1.165, 1.54) is 0 Å². The van der Waals surface area contributed by atoms with E-state index >= 15 is 0 Å². The van der Waals surface area contributed by atoms with Crippen molar-refractivity contribution >= 4 is 11.6 Å². The summed E-state index contributed by atoms with van der Waals surface area (Å²) in [5, 5.41) is 3.60. The van der Waals surface area contributed by atoms with E-state index in [0.717, 1.165) is 41.7 Å². The van der Waals surface area contributed by atoms with E-state index in [4.69, 9.17) is 4.74 Å². The number of carbonyl (C=O) groups is 2. The average molecular weight is 553 g/mol. The van der Waals surface area contributed by atoms with Crippen molar-refractivity contribution in [1.29, 1.82) is 0 Å². The minimum atomic E-state index is -0.377. The first kappa shape index (κ1) is 30.4. The van der Waals surface area contributed by atoms with Gasteiger partial charge >= 0.3 is 0 Å². The Hall–Kier alpha value is -3.57. The average Bonchev–Trinajstić information content (AvgIpc) is 2.97. The largest absolute Gasteiger partial charge is 0.489 e. The SMILES string of the molecule is CC(C)(C)CC(=O)[C@@H](CC(=O)[C@H](Cc1cccnc1)NC1C=CCCC1)Cc1ccc(OCc2ccccc2)cc1. The Labute approximate surface area is 245 Å². The van der Waals surface area contributed by atoms with Gasteiger partial charge in [-0.2, -0.15) is 0 Å². The second kappa shape index (κ2) is 14.9. The van der Waals surface area contributed by atoms with Gasteiger partial charge in [-0.25, -0.2) is 0 Å². The van der Waals surface area contributed by atoms with Crippen LogP contribution in [-0.4, -0.2) is 28.6 Å². The van der Waals surface area contributed by atoms with Crippen molar-refractivity contribution in [2.75, 3.05) is 0 Å². The number of aromatic nitrogens is 1. The molecule has 1 heterocycles. The summed E-state index contributed by atoms with van der Waals surface area (Å²) in [6.07, 6.45) is 12.9. The molecule has 1 aromatic heterocycles. The van der Waals surface area contributed by atoms with Crippen molar-refractivity contribution in [2.45, 2.75) is 84.4 Å². The Kier molecular flexibility index (Phi) is 11.0. The van der Waals surface area contributed by atoms with Crippen molar-refractivity contribution in [3.05, 3.63) is 108 Å². The highest BCUT2D eigenvalue weighted by molar-refractivity contribution is 5.91. The molecule has 0 amide bonds. The third-order valence-electron chi connectivity index (χ3n) is 7.48. The number of benzene rings is 2. The Morgan fingerprint density at radius 1 is 0.927 bits per heavy atom. The molecule has 1 N–H and O–H groups in total. The first-order valence-corrected chi connectivity index (χ1v) is 14.9. The summed E-state index contributed by atoms with van der Waals surface area (Å²) in [7, 11) is 0. The Bertz CT molecular complexity index is 1260. The van der Waals surface area contributed by atoms with Crippen LogP contribution in [0.3, 0.4) is 0 Å². The van der Waals surface area contributed by atoms with E-state index in [1.807, 2.05) is 72.9 Å². The maximum atomic E-state index is 13.9. The Balaban J connectivity index is 1.47. The number of ketones is 2. The van der Waals surface area contributed by atoms with Gasteiger partial charge in [-0.1, -0.05) is 81.5 Å². The van der Waals surface area contributed by atoms with Gasteiger partial charge in [-0.3, -0.25) is 14.6 Å². The molecule has 1 unspecified atom stereocenters. The molecule has 41 heavy (non-hydrogen) atoms. The van der Waals surface area contributed by atoms with Gasteiger partial charge in [-0.05, 0) is 72.4 Å². The molecule has 3 atom stereocenters. The molecule has 0 fully saturated rings. The lowest BCUT2D eigenvalue weighted by Gasteiger charge is -2.27. The number of hydrogen-bond donors (Lipinski definition) is 1. The Morgan fingerprint density at radius 3 is 2.34 bits per heavy atom. The fraction of sp³-hybridized carbons (Fsp3) is 0.417. The number of nitrogens with one attached hydrogen (secondary N) is 1. The molecule has 5 heteroatoms. The van der Waals surface area contributed by atoms with Crippen LogP contribution in [0.25, 0.3) is 0 Å². The number of Topliss-reactive ketones (excluding diaryl/α,β-unsaturated/α-hetero) is 2. The van der Waals surface area contributed by atoms with Gasteiger partial charge in [0.15, 0.2) is 5.78 Å². The van der Waals surface area contributed by atoms with Gasteiger partial charge in [0.2, 0.25) is 0 Å². The van der Waals surface area contributed by atoms with Crippen molar-refractivity contribution in [3.63, 3.8) is 0 Å². The summed E-state index contributed by atoms with van der Waals surface area (Å²) in [6, 6.07) is 21.7. The normalized spacial score (nSPS) is 16.6. The third kappa shape index (κ3) is 10.4. The molecule has 4 rings (SSSR count). The zero-order valence-corrected chi connectivity index (χ0v) is 24.7. The molecule has 0 saturated carbocycles. The van der Waals surface area contributed by atoms with Gasteiger partial charge in [-0.15, -0.1) is 0 Å². The monoisotopic (exact) mass is 552 g/mol. The van der Waals surface area contributed by atoms with E-state index in [9.17, 15) is 9.59 Å². The predicted octanol–water partition coefficient (Wildman–Crippen LogP) is 7.09. The molecule has 5 nitrogen and oxygen atoms in total. The number of nitrogens with zero attached hydrogens (tertiary/aromatic N) is 1. The maximum Gasteiger partial charge on any atom is 0.150 e. The number of pyridine rings is 1. The van der Waals surface area contributed by atoms with Crippen LogP contribution in [0.15, 0.2) is 91.3 Å². The number of allylic oxidation sites excluding steroid dienone is 1. The number of rotatable bonds is 14. The minimum absolute atomic E-state index is 0.0860. The molecule has 0 bridgehead atoms. The lowest BCUT2D eigenvalue weighted by Crippen LogP contribution is -2.45. The zero-order chi connectivity index (χ0) is 29.1. The van der Waals surface area contributed by atoms with Crippen molar-refractivity contribution < 1.29 is 14.3 Å². The van der Waals surface area contributed by atoms with Crippen LogP contribution in [0.5, 0.6) is 5.75 Å². The molecule has 3 aromatic rings. The molecule has 0 spiro atoms. The number of hydrogen-bond acceptors (Lipinski definition) is 5. The van der Waals surface area contributed by atoms with Gasteiger partial charge < -0.3 is 10.1 Å². The molecule has 2 aromatic carbocycles. The van der Waals surface area contributed by atoms with Gasteiger partial charge in [0.05, 0.1) is 6.04 Å². The van der Waals surface area contributed by atoms with E-state index in [0.29, 0.717) is 25.9 Å². The molecule has 1 aliphatic rings. The van der Waals surface area contributed by atoms with Crippen molar-refractivity contribution in [3.8, 4) is 5.75 Å². The quantitative estimate of drug-likeness (QED) is 0.216. The van der Waals surface area contributed by atoms with Crippen LogP contribution in [-0.2, 0) is 29.0 Å². The second-order valence-corrected chi connectivity index (χ2v) is 12.4. The Morgan fingerprint density at radius 2 is 1.68 bits per heavy atom. The lowest BCUT2D eigenvalue weighted by atomic mass is 9.80. The second-order valence-electron chi connectivity index (χ2n) is 12.4. The smallest absolute Gasteiger partial charge is 0.150 e. The first-order valence-electron chi connectivity index (χ1n) is 14.9. The van der Waals surface area contributed by atoms with Gasteiger partial charge in [0.25, 0.3) is 0 Å². The molecular formula is C36H44N2O3. The van der Waals surface area contributed by atoms with Crippen LogP contribution in [0, 0.1) is 11.3 Å². The fourth-order valence-electron chi connectivity index (χ4n) is 5.33. The highest BCUT2D eigenvalue weighted by Crippen LogP contribution is 2.26. The molecule has 0 aliphatic heterocycles. The molecule has 216 valence electrons. The predicted molar refractivity (Wildman–Crippen MR) is 165 cm³/mol. The van der Waals surface area contributed by atoms with E-state index in [2.05, 4.69) is 43.2 Å². The summed E-state index contributed by atoms with van der Waals surface area (Å²) < 4.78 is 5.95. The van der Waals surface area contributed by atoms with E-state index in [-0.39, 0.29) is 41.4 Å². The fourth-order valence-corrected chi connectivity index (χ4v) is 5.33. The highest BCUT2D eigenvalue weighted by atomic mass is 16.5. The minimum Gasteiger partial charge on any atom is -0.489 e. The highest BCUT2D eigenvalue weighted by Gasteiger charge is 2.30. The van der Waals surface area contributed by atoms with Crippen molar-refractivity contribution in [2.24, 2.45) is 11.3 Å². The summed E-state index contributed by atoms with van der Waals surface area (Å²) in [5.41, 5.74) is 3.01. The van der Waals surface area contributed by atoms with Crippen molar-refractivity contribution in [1.82, 2.24) is 10.3 Å². The van der Waals surface area contributed by atoms with Gasteiger partial charge in [0, 0.05) is 37.2 Å². The molecule has 0 radical (unpaired) electrons. The number of carbonyl (C=O) groups excluding carboxylic acids is 2.